The van der Waals surface area contributed by atoms with E-state index < -0.39 is 0 Å². The van der Waals surface area contributed by atoms with Gasteiger partial charge in [-0.25, -0.2) is 4.98 Å². The van der Waals surface area contributed by atoms with E-state index in [9.17, 15) is 4.79 Å². The van der Waals surface area contributed by atoms with Crippen molar-refractivity contribution in [3.05, 3.63) is 39.4 Å². The average Bonchev–Trinajstić information content (AvgIpc) is 2.48. The molecule has 0 spiro atoms. The van der Waals surface area contributed by atoms with E-state index in [-0.39, 0.29) is 11.7 Å². The molecule has 0 bridgehead atoms. The third kappa shape index (κ3) is 2.45. The molecule has 0 aromatic carbocycles. The van der Waals surface area contributed by atoms with Crippen LogP contribution in [0.4, 0.5) is 5.69 Å². The van der Waals surface area contributed by atoms with Crippen LogP contribution in [-0.4, -0.2) is 35.2 Å². The Bertz CT molecular complexity index is 686. The minimum atomic E-state index is -0.0342. The minimum Gasteiger partial charge on any atom is -0.375 e. The molecule has 0 saturated carbocycles. The first-order chi connectivity index (χ1) is 9.69. The first kappa shape index (κ1) is 13.6. The van der Waals surface area contributed by atoms with Crippen molar-refractivity contribution in [1.82, 2.24) is 9.38 Å². The molecule has 2 aromatic rings. The second-order valence-corrected chi connectivity index (χ2v) is 5.79. The third-order valence-corrected chi connectivity index (χ3v) is 4.05. The Morgan fingerprint density at radius 2 is 2.35 bits per heavy atom. The van der Waals surface area contributed by atoms with Gasteiger partial charge in [0.15, 0.2) is 0 Å². The fraction of sp³-hybridized carbons (Fsp3) is 0.429. The quantitative estimate of drug-likeness (QED) is 0.841. The number of rotatable bonds is 2. The maximum Gasteiger partial charge on any atom is 0.281 e. The molecule has 5 nitrogen and oxygen atoms in total. The van der Waals surface area contributed by atoms with Crippen molar-refractivity contribution >= 4 is 27.3 Å². The summed E-state index contributed by atoms with van der Waals surface area (Å²) in [4.78, 5) is 19.0. The Balaban J connectivity index is 2.03. The van der Waals surface area contributed by atoms with Gasteiger partial charge in [-0.2, -0.15) is 0 Å². The molecule has 0 aliphatic carbocycles. The highest BCUT2D eigenvalue weighted by molar-refractivity contribution is 9.10. The third-order valence-electron chi connectivity index (χ3n) is 3.58. The van der Waals surface area contributed by atoms with Crippen LogP contribution in [0.15, 0.2) is 33.8 Å². The van der Waals surface area contributed by atoms with Crippen molar-refractivity contribution in [3.63, 3.8) is 0 Å². The van der Waals surface area contributed by atoms with Gasteiger partial charge >= 0.3 is 0 Å². The number of hydrogen-bond acceptors (Lipinski definition) is 4. The number of ether oxygens (including phenoxy) is 1. The lowest BCUT2D eigenvalue weighted by Gasteiger charge is -2.33. The summed E-state index contributed by atoms with van der Waals surface area (Å²) in [6.45, 7) is 4.22. The van der Waals surface area contributed by atoms with Gasteiger partial charge in [0, 0.05) is 23.8 Å². The highest BCUT2D eigenvalue weighted by Gasteiger charge is 2.21. The van der Waals surface area contributed by atoms with Gasteiger partial charge in [-0.15, -0.1) is 0 Å². The van der Waals surface area contributed by atoms with Gasteiger partial charge in [-0.1, -0.05) is 6.92 Å². The Morgan fingerprint density at radius 1 is 1.50 bits per heavy atom. The molecule has 106 valence electrons. The van der Waals surface area contributed by atoms with Crippen LogP contribution in [0, 0.1) is 0 Å². The largest absolute Gasteiger partial charge is 0.375 e. The van der Waals surface area contributed by atoms with E-state index in [2.05, 4.69) is 32.7 Å². The molecule has 1 unspecified atom stereocenters. The highest BCUT2D eigenvalue weighted by Crippen LogP contribution is 2.16. The van der Waals surface area contributed by atoms with E-state index in [4.69, 9.17) is 4.74 Å². The van der Waals surface area contributed by atoms with Crippen LogP contribution in [-0.2, 0) is 4.74 Å². The van der Waals surface area contributed by atoms with Crippen LogP contribution in [0.1, 0.15) is 13.3 Å². The summed E-state index contributed by atoms with van der Waals surface area (Å²) in [5.74, 6) is 0. The summed E-state index contributed by atoms with van der Waals surface area (Å²) < 4.78 is 8.09. The molecule has 0 N–H and O–H groups in total. The molecule has 3 rings (SSSR count). The molecule has 3 heterocycles. The number of aromatic nitrogens is 2. The number of nitrogens with zero attached hydrogens (tertiary/aromatic N) is 3. The Labute approximate surface area is 125 Å². The molecule has 6 heteroatoms. The standard InChI is InChI=1S/C14H16BrN3O2/c1-2-11-9-17(5-6-20-11)12-7-16-13-4-3-10(15)8-18(13)14(12)19/h3-4,7-8,11H,2,5-6,9H2,1H3. The number of pyridine rings is 1. The van der Waals surface area contributed by atoms with Crippen molar-refractivity contribution in [3.8, 4) is 0 Å². The van der Waals surface area contributed by atoms with Crippen LogP contribution in [0.2, 0.25) is 0 Å². The topological polar surface area (TPSA) is 46.8 Å². The lowest BCUT2D eigenvalue weighted by Crippen LogP contribution is -2.44. The molecule has 1 atom stereocenters. The van der Waals surface area contributed by atoms with Gasteiger partial charge in [0.05, 0.1) is 18.9 Å². The molecule has 20 heavy (non-hydrogen) atoms. The van der Waals surface area contributed by atoms with Gasteiger partial charge in [-0.05, 0) is 34.5 Å². The van der Waals surface area contributed by atoms with Crippen molar-refractivity contribution in [2.45, 2.75) is 19.4 Å². The van der Waals surface area contributed by atoms with Gasteiger partial charge in [0.1, 0.15) is 11.3 Å². The van der Waals surface area contributed by atoms with E-state index >= 15 is 0 Å². The average molecular weight is 338 g/mol. The van der Waals surface area contributed by atoms with Crippen molar-refractivity contribution in [2.24, 2.45) is 0 Å². The minimum absolute atomic E-state index is 0.0342. The molecule has 1 fully saturated rings. The lowest BCUT2D eigenvalue weighted by atomic mass is 10.2. The zero-order valence-corrected chi connectivity index (χ0v) is 12.8. The highest BCUT2D eigenvalue weighted by atomic mass is 79.9. The maximum absolute atomic E-state index is 12.6. The van der Waals surface area contributed by atoms with Crippen LogP contribution in [0.5, 0.6) is 0 Å². The normalized spacial score (nSPS) is 19.5. The number of hydrogen-bond donors (Lipinski definition) is 0. The SMILES string of the molecule is CCC1CN(c2cnc3ccc(Br)cn3c2=O)CCO1. The van der Waals surface area contributed by atoms with Crippen molar-refractivity contribution in [2.75, 3.05) is 24.6 Å². The first-order valence-electron chi connectivity index (χ1n) is 6.72. The van der Waals surface area contributed by atoms with Gasteiger partial charge in [0.2, 0.25) is 0 Å². The van der Waals surface area contributed by atoms with Crippen LogP contribution in [0.25, 0.3) is 5.65 Å². The molecular weight excluding hydrogens is 322 g/mol. The summed E-state index contributed by atoms with van der Waals surface area (Å²) in [5, 5.41) is 0. The Kier molecular flexibility index (Phi) is 3.76. The summed E-state index contributed by atoms with van der Waals surface area (Å²) in [7, 11) is 0. The van der Waals surface area contributed by atoms with E-state index in [1.165, 1.54) is 0 Å². The summed E-state index contributed by atoms with van der Waals surface area (Å²) in [6.07, 6.45) is 4.56. The summed E-state index contributed by atoms with van der Waals surface area (Å²) in [5.41, 5.74) is 1.26. The van der Waals surface area contributed by atoms with E-state index in [1.54, 1.807) is 16.8 Å². The second kappa shape index (κ2) is 5.54. The van der Waals surface area contributed by atoms with Gasteiger partial charge in [-0.3, -0.25) is 9.20 Å². The van der Waals surface area contributed by atoms with Crippen LogP contribution < -0.4 is 10.5 Å². The smallest absolute Gasteiger partial charge is 0.281 e. The fourth-order valence-electron chi connectivity index (χ4n) is 2.44. The van der Waals surface area contributed by atoms with Gasteiger partial charge < -0.3 is 9.64 Å². The van der Waals surface area contributed by atoms with E-state index in [1.807, 2.05) is 12.1 Å². The number of fused-ring (bicyclic) bond motifs is 1. The van der Waals surface area contributed by atoms with Gasteiger partial charge in [0.25, 0.3) is 5.56 Å². The molecule has 1 aliphatic heterocycles. The maximum atomic E-state index is 12.6. The van der Waals surface area contributed by atoms with Crippen LogP contribution >= 0.6 is 15.9 Å². The number of anilines is 1. The Morgan fingerprint density at radius 3 is 3.15 bits per heavy atom. The molecule has 0 amide bonds. The molecule has 2 aromatic heterocycles. The molecule has 1 aliphatic rings. The first-order valence-corrected chi connectivity index (χ1v) is 7.52. The predicted octanol–water partition coefficient (Wildman–Crippen LogP) is 2.07. The summed E-state index contributed by atoms with van der Waals surface area (Å²) >= 11 is 3.39. The zero-order valence-electron chi connectivity index (χ0n) is 11.3. The lowest BCUT2D eigenvalue weighted by molar-refractivity contribution is 0.0383. The summed E-state index contributed by atoms with van der Waals surface area (Å²) in [6, 6.07) is 3.70. The monoisotopic (exact) mass is 337 g/mol. The molecule has 0 radical (unpaired) electrons. The number of morpholine rings is 1. The predicted molar refractivity (Wildman–Crippen MR) is 81.4 cm³/mol. The van der Waals surface area contributed by atoms with E-state index in [0.717, 1.165) is 24.0 Å². The zero-order chi connectivity index (χ0) is 14.1. The fourth-order valence-corrected chi connectivity index (χ4v) is 2.78. The number of halogens is 1. The van der Waals surface area contributed by atoms with E-state index in [0.29, 0.717) is 17.9 Å². The van der Waals surface area contributed by atoms with Crippen molar-refractivity contribution in [1.29, 1.82) is 0 Å². The Hall–Kier alpha value is -1.40. The molecular formula is C14H16BrN3O2. The molecule has 1 saturated heterocycles. The second-order valence-electron chi connectivity index (χ2n) is 4.87. The van der Waals surface area contributed by atoms with Crippen LogP contribution in [0.3, 0.4) is 0 Å². The van der Waals surface area contributed by atoms with Crippen molar-refractivity contribution < 1.29 is 4.74 Å².